The fourth-order valence-electron chi connectivity index (χ4n) is 2.41. The number of halogens is 1. The molecule has 0 saturated carbocycles. The maximum atomic E-state index is 12.3. The van der Waals surface area contributed by atoms with Gasteiger partial charge in [-0.2, -0.15) is 0 Å². The summed E-state index contributed by atoms with van der Waals surface area (Å²) in [7, 11) is 3.13. The molecular formula is C19H15ClN2O2S2. The molecule has 2 amide bonds. The molecule has 3 rings (SSSR count). The number of benzene rings is 2. The standard InChI is InChI=1S/C19H15ClN2O2S2/c1-21-17(23)16(18(24)22(2)19(21)25)11-12-3-7-14(8-4-12)26-15-9-5-13(20)6-10-15/h3-11H,1-2H3. The summed E-state index contributed by atoms with van der Waals surface area (Å²) in [6, 6.07) is 15.2. The first-order valence-corrected chi connectivity index (χ1v) is 9.32. The molecule has 0 atom stereocenters. The van der Waals surface area contributed by atoms with Crippen LogP contribution in [0.5, 0.6) is 0 Å². The van der Waals surface area contributed by atoms with E-state index in [1.165, 1.54) is 9.80 Å². The molecule has 1 aliphatic heterocycles. The van der Waals surface area contributed by atoms with E-state index >= 15 is 0 Å². The molecule has 0 unspecified atom stereocenters. The number of thiocarbonyl (C=S) groups is 1. The van der Waals surface area contributed by atoms with Gasteiger partial charge in [0, 0.05) is 28.9 Å². The van der Waals surface area contributed by atoms with Gasteiger partial charge in [0.1, 0.15) is 5.57 Å². The fourth-order valence-corrected chi connectivity index (χ4v) is 3.52. The van der Waals surface area contributed by atoms with Crippen LogP contribution in [0.15, 0.2) is 63.9 Å². The smallest absolute Gasteiger partial charge is 0.265 e. The molecule has 0 spiro atoms. The number of hydrogen-bond acceptors (Lipinski definition) is 4. The van der Waals surface area contributed by atoms with Crippen molar-refractivity contribution in [3.63, 3.8) is 0 Å². The monoisotopic (exact) mass is 402 g/mol. The van der Waals surface area contributed by atoms with Gasteiger partial charge in [-0.3, -0.25) is 19.4 Å². The lowest BCUT2D eigenvalue weighted by atomic mass is 10.1. The molecule has 1 saturated heterocycles. The van der Waals surface area contributed by atoms with E-state index < -0.39 is 11.8 Å². The summed E-state index contributed by atoms with van der Waals surface area (Å²) in [4.78, 5) is 29.4. The third kappa shape index (κ3) is 3.82. The maximum absolute atomic E-state index is 12.3. The van der Waals surface area contributed by atoms with Crippen LogP contribution in [0.2, 0.25) is 5.02 Å². The molecule has 0 N–H and O–H groups in total. The Kier molecular flexibility index (Phi) is 5.46. The Bertz CT molecular complexity index is 882. The Morgan fingerprint density at radius 3 is 1.85 bits per heavy atom. The van der Waals surface area contributed by atoms with Crippen molar-refractivity contribution >= 4 is 58.6 Å². The molecule has 4 nitrogen and oxygen atoms in total. The van der Waals surface area contributed by atoms with Crippen LogP contribution in [-0.4, -0.2) is 40.8 Å². The minimum absolute atomic E-state index is 0.0988. The first kappa shape index (κ1) is 18.6. The number of hydrogen-bond donors (Lipinski definition) is 0. The zero-order chi connectivity index (χ0) is 18.8. The first-order chi connectivity index (χ1) is 12.4. The van der Waals surface area contributed by atoms with Crippen LogP contribution in [0.3, 0.4) is 0 Å². The van der Waals surface area contributed by atoms with Gasteiger partial charge < -0.3 is 0 Å². The van der Waals surface area contributed by atoms with Crippen molar-refractivity contribution in [2.45, 2.75) is 9.79 Å². The Morgan fingerprint density at radius 2 is 1.35 bits per heavy atom. The molecule has 7 heteroatoms. The van der Waals surface area contributed by atoms with Gasteiger partial charge >= 0.3 is 0 Å². The summed E-state index contributed by atoms with van der Waals surface area (Å²) in [5.74, 6) is -0.782. The molecule has 0 aromatic heterocycles. The zero-order valence-corrected chi connectivity index (χ0v) is 16.5. The van der Waals surface area contributed by atoms with Gasteiger partial charge in [0.2, 0.25) is 0 Å². The fraction of sp³-hybridized carbons (Fsp3) is 0.105. The highest BCUT2D eigenvalue weighted by Crippen LogP contribution is 2.29. The van der Waals surface area contributed by atoms with E-state index in [0.717, 1.165) is 15.4 Å². The summed E-state index contributed by atoms with van der Waals surface area (Å²) < 4.78 is 0. The Balaban J connectivity index is 1.81. The average Bonchev–Trinajstić information content (AvgIpc) is 2.65. The number of rotatable bonds is 3. The highest BCUT2D eigenvalue weighted by molar-refractivity contribution is 7.99. The van der Waals surface area contributed by atoms with Gasteiger partial charge in [0.25, 0.3) is 11.8 Å². The Morgan fingerprint density at radius 1 is 0.885 bits per heavy atom. The van der Waals surface area contributed by atoms with Crippen molar-refractivity contribution in [1.29, 1.82) is 0 Å². The van der Waals surface area contributed by atoms with Gasteiger partial charge in [-0.1, -0.05) is 35.5 Å². The largest absolute Gasteiger partial charge is 0.288 e. The average molecular weight is 403 g/mol. The van der Waals surface area contributed by atoms with Crippen molar-refractivity contribution < 1.29 is 9.59 Å². The summed E-state index contributed by atoms with van der Waals surface area (Å²) in [5.41, 5.74) is 0.874. The highest BCUT2D eigenvalue weighted by atomic mass is 35.5. The van der Waals surface area contributed by atoms with Crippen LogP contribution in [0.4, 0.5) is 0 Å². The lowest BCUT2D eigenvalue weighted by Gasteiger charge is -2.31. The van der Waals surface area contributed by atoms with Gasteiger partial charge in [0.15, 0.2) is 5.11 Å². The van der Waals surface area contributed by atoms with Crippen molar-refractivity contribution in [2.75, 3.05) is 14.1 Å². The second-order valence-electron chi connectivity index (χ2n) is 5.69. The molecule has 0 bridgehead atoms. The van der Waals surface area contributed by atoms with Crippen LogP contribution in [0, 0.1) is 0 Å². The van der Waals surface area contributed by atoms with Gasteiger partial charge in [-0.05, 0) is 60.3 Å². The maximum Gasteiger partial charge on any atom is 0.265 e. The van der Waals surface area contributed by atoms with Crippen LogP contribution in [-0.2, 0) is 9.59 Å². The molecule has 132 valence electrons. The van der Waals surface area contributed by atoms with Crippen molar-refractivity contribution in [1.82, 2.24) is 9.80 Å². The van der Waals surface area contributed by atoms with Crippen LogP contribution >= 0.6 is 35.6 Å². The molecule has 0 radical (unpaired) electrons. The molecule has 2 aromatic carbocycles. The molecule has 1 heterocycles. The molecule has 0 aliphatic carbocycles. The van der Waals surface area contributed by atoms with Crippen molar-refractivity contribution in [3.8, 4) is 0 Å². The number of carbonyl (C=O) groups excluding carboxylic acids is 2. The molecule has 2 aromatic rings. The molecular weight excluding hydrogens is 388 g/mol. The van der Waals surface area contributed by atoms with Gasteiger partial charge in [-0.25, -0.2) is 0 Å². The minimum atomic E-state index is -0.391. The SMILES string of the molecule is CN1C(=O)C(=Cc2ccc(Sc3ccc(Cl)cc3)cc2)C(=O)N(C)C1=S. The number of amides is 2. The summed E-state index contributed by atoms with van der Waals surface area (Å²) in [5, 5.41) is 0.902. The third-order valence-corrected chi connectivity index (χ3v) is 5.70. The number of nitrogens with zero attached hydrogens (tertiary/aromatic N) is 2. The quantitative estimate of drug-likeness (QED) is 0.440. The van der Waals surface area contributed by atoms with E-state index in [2.05, 4.69) is 0 Å². The Hall–Kier alpha value is -2.15. The number of carbonyl (C=O) groups is 2. The van der Waals surface area contributed by atoms with Crippen molar-refractivity contribution in [2.24, 2.45) is 0 Å². The van der Waals surface area contributed by atoms with Crippen LogP contribution in [0.25, 0.3) is 6.08 Å². The van der Waals surface area contributed by atoms with E-state index in [1.807, 2.05) is 48.5 Å². The van der Waals surface area contributed by atoms with E-state index in [4.69, 9.17) is 23.8 Å². The topological polar surface area (TPSA) is 40.6 Å². The molecule has 1 aliphatic rings. The van der Waals surface area contributed by atoms with Crippen LogP contribution < -0.4 is 0 Å². The van der Waals surface area contributed by atoms with Crippen LogP contribution in [0.1, 0.15) is 5.56 Å². The lowest BCUT2D eigenvalue weighted by molar-refractivity contribution is -0.132. The van der Waals surface area contributed by atoms with Gasteiger partial charge in [0.05, 0.1) is 0 Å². The van der Waals surface area contributed by atoms with E-state index in [-0.39, 0.29) is 10.7 Å². The second kappa shape index (κ2) is 7.61. The molecule has 1 fully saturated rings. The summed E-state index contributed by atoms with van der Waals surface area (Å²) in [6.45, 7) is 0. The third-order valence-electron chi connectivity index (χ3n) is 3.88. The Labute approximate surface area is 166 Å². The van der Waals surface area contributed by atoms with Crippen molar-refractivity contribution in [3.05, 3.63) is 64.7 Å². The predicted octanol–water partition coefficient (Wildman–Crippen LogP) is 4.09. The highest BCUT2D eigenvalue weighted by Gasteiger charge is 2.35. The summed E-state index contributed by atoms with van der Waals surface area (Å²) >= 11 is 12.6. The lowest BCUT2D eigenvalue weighted by Crippen LogP contribution is -2.52. The van der Waals surface area contributed by atoms with Gasteiger partial charge in [-0.15, -0.1) is 0 Å². The van der Waals surface area contributed by atoms with E-state index in [9.17, 15) is 9.59 Å². The van der Waals surface area contributed by atoms with E-state index in [1.54, 1.807) is 31.9 Å². The summed E-state index contributed by atoms with van der Waals surface area (Å²) in [6.07, 6.45) is 1.59. The molecule has 26 heavy (non-hydrogen) atoms. The zero-order valence-electron chi connectivity index (χ0n) is 14.1. The predicted molar refractivity (Wildman–Crippen MR) is 108 cm³/mol. The minimum Gasteiger partial charge on any atom is -0.288 e. The van der Waals surface area contributed by atoms with E-state index in [0.29, 0.717) is 5.02 Å². The second-order valence-corrected chi connectivity index (χ2v) is 7.64. The normalized spacial score (nSPS) is 14.9. The number of likely N-dealkylation sites (N-methyl/N-ethyl adjacent to an activating group) is 2. The first-order valence-electron chi connectivity index (χ1n) is 7.72.